The Bertz CT molecular complexity index is 391. The number of aliphatic hydroxyl groups is 1. The van der Waals surface area contributed by atoms with Crippen molar-refractivity contribution in [2.75, 3.05) is 0 Å². The standard InChI is InChI=1S/C14H22N2O/c17-10-12-13-8-4-5-9-16(13)14(15-12)11-6-2-1-3-7-11/h11,17H,1-10H2. The lowest BCUT2D eigenvalue weighted by molar-refractivity contribution is 0.275. The number of nitrogens with zero attached hydrogens (tertiary/aromatic N) is 2. The zero-order valence-electron chi connectivity index (χ0n) is 10.5. The molecule has 3 nitrogen and oxygen atoms in total. The number of rotatable bonds is 2. The summed E-state index contributed by atoms with van der Waals surface area (Å²) in [5.74, 6) is 1.93. The molecular weight excluding hydrogens is 212 g/mol. The Kier molecular flexibility index (Phi) is 3.19. The predicted octanol–water partition coefficient (Wildman–Crippen LogP) is 2.76. The van der Waals surface area contributed by atoms with E-state index in [0.29, 0.717) is 5.92 Å². The zero-order valence-corrected chi connectivity index (χ0v) is 10.5. The van der Waals surface area contributed by atoms with E-state index in [9.17, 15) is 5.11 Å². The van der Waals surface area contributed by atoms with E-state index in [-0.39, 0.29) is 6.61 Å². The van der Waals surface area contributed by atoms with Crippen molar-refractivity contribution in [1.29, 1.82) is 0 Å². The van der Waals surface area contributed by atoms with Gasteiger partial charge in [0.25, 0.3) is 0 Å². The van der Waals surface area contributed by atoms with Crippen LogP contribution in [0.1, 0.15) is 68.1 Å². The maximum absolute atomic E-state index is 9.43. The van der Waals surface area contributed by atoms with Crippen LogP contribution in [0, 0.1) is 0 Å². The van der Waals surface area contributed by atoms with Gasteiger partial charge in [0.2, 0.25) is 0 Å². The van der Waals surface area contributed by atoms with E-state index in [0.717, 1.165) is 18.7 Å². The molecule has 2 heterocycles. The van der Waals surface area contributed by atoms with Crippen LogP contribution in [0.15, 0.2) is 0 Å². The predicted molar refractivity (Wildman–Crippen MR) is 66.9 cm³/mol. The topological polar surface area (TPSA) is 38.1 Å². The van der Waals surface area contributed by atoms with Crippen LogP contribution in [0.5, 0.6) is 0 Å². The number of hydrogen-bond acceptors (Lipinski definition) is 2. The lowest BCUT2D eigenvalue weighted by atomic mass is 9.88. The van der Waals surface area contributed by atoms with Crippen molar-refractivity contribution in [1.82, 2.24) is 9.55 Å². The fourth-order valence-corrected chi connectivity index (χ4v) is 3.45. The molecule has 1 fully saturated rings. The molecule has 1 aliphatic carbocycles. The normalized spacial score (nSPS) is 21.5. The van der Waals surface area contributed by atoms with Gasteiger partial charge in [0.1, 0.15) is 5.82 Å². The van der Waals surface area contributed by atoms with Crippen molar-refractivity contribution < 1.29 is 5.11 Å². The van der Waals surface area contributed by atoms with Gasteiger partial charge in [0, 0.05) is 18.2 Å². The third kappa shape index (κ3) is 2.01. The summed E-state index contributed by atoms with van der Waals surface area (Å²) in [6.45, 7) is 1.23. The summed E-state index contributed by atoms with van der Waals surface area (Å²) in [6, 6.07) is 0. The second-order valence-electron chi connectivity index (χ2n) is 5.47. The van der Waals surface area contributed by atoms with Crippen LogP contribution in [-0.2, 0) is 19.6 Å². The molecule has 0 aromatic carbocycles. The van der Waals surface area contributed by atoms with Crippen molar-refractivity contribution in [3.8, 4) is 0 Å². The molecule has 1 saturated carbocycles. The summed E-state index contributed by atoms with van der Waals surface area (Å²) in [7, 11) is 0. The van der Waals surface area contributed by atoms with Gasteiger partial charge in [-0.15, -0.1) is 0 Å². The number of imidazole rings is 1. The first-order valence-electron chi connectivity index (χ1n) is 7.09. The van der Waals surface area contributed by atoms with E-state index in [4.69, 9.17) is 4.98 Å². The molecule has 2 aliphatic rings. The molecule has 94 valence electrons. The van der Waals surface area contributed by atoms with E-state index in [1.54, 1.807) is 0 Å². The first-order chi connectivity index (χ1) is 8.40. The van der Waals surface area contributed by atoms with E-state index in [1.165, 1.54) is 56.5 Å². The SMILES string of the molecule is OCc1nc(C2CCCCC2)n2c1CCCC2. The molecular formula is C14H22N2O. The maximum Gasteiger partial charge on any atom is 0.112 e. The molecule has 0 atom stereocenters. The van der Waals surface area contributed by atoms with Crippen LogP contribution in [0.4, 0.5) is 0 Å². The molecule has 1 N–H and O–H groups in total. The smallest absolute Gasteiger partial charge is 0.112 e. The van der Waals surface area contributed by atoms with Crippen LogP contribution < -0.4 is 0 Å². The first kappa shape index (κ1) is 11.3. The van der Waals surface area contributed by atoms with E-state index in [2.05, 4.69) is 4.57 Å². The second-order valence-corrected chi connectivity index (χ2v) is 5.47. The molecule has 3 heteroatoms. The summed E-state index contributed by atoms with van der Waals surface area (Å²) < 4.78 is 2.42. The molecule has 0 radical (unpaired) electrons. The highest BCUT2D eigenvalue weighted by molar-refractivity contribution is 5.21. The van der Waals surface area contributed by atoms with Crippen LogP contribution in [0.25, 0.3) is 0 Å². The van der Waals surface area contributed by atoms with Gasteiger partial charge in [-0.2, -0.15) is 0 Å². The van der Waals surface area contributed by atoms with Gasteiger partial charge in [0.05, 0.1) is 12.3 Å². The lowest BCUT2D eigenvalue weighted by Crippen LogP contribution is -2.17. The van der Waals surface area contributed by atoms with E-state index < -0.39 is 0 Å². The monoisotopic (exact) mass is 234 g/mol. The van der Waals surface area contributed by atoms with E-state index in [1.807, 2.05) is 0 Å². The Morgan fingerprint density at radius 3 is 2.71 bits per heavy atom. The average molecular weight is 234 g/mol. The Morgan fingerprint density at radius 2 is 1.94 bits per heavy atom. The van der Waals surface area contributed by atoms with Crippen LogP contribution in [-0.4, -0.2) is 14.7 Å². The fourth-order valence-electron chi connectivity index (χ4n) is 3.45. The molecule has 1 aromatic rings. The minimum atomic E-state index is 0.113. The lowest BCUT2D eigenvalue weighted by Gasteiger charge is -2.24. The fraction of sp³-hybridized carbons (Fsp3) is 0.786. The highest BCUT2D eigenvalue weighted by Gasteiger charge is 2.25. The average Bonchev–Trinajstić information content (AvgIpc) is 2.78. The number of aromatic nitrogens is 2. The number of aliphatic hydroxyl groups excluding tert-OH is 1. The van der Waals surface area contributed by atoms with E-state index >= 15 is 0 Å². The molecule has 17 heavy (non-hydrogen) atoms. The third-order valence-electron chi connectivity index (χ3n) is 4.35. The first-order valence-corrected chi connectivity index (χ1v) is 7.09. The summed E-state index contributed by atoms with van der Waals surface area (Å²) in [5.41, 5.74) is 2.27. The highest BCUT2D eigenvalue weighted by atomic mass is 16.3. The van der Waals surface area contributed by atoms with Crippen molar-refractivity contribution in [3.63, 3.8) is 0 Å². The molecule has 1 aliphatic heterocycles. The molecule has 0 unspecified atom stereocenters. The quantitative estimate of drug-likeness (QED) is 0.854. The van der Waals surface area contributed by atoms with Gasteiger partial charge in [-0.05, 0) is 32.1 Å². The number of fused-ring (bicyclic) bond motifs is 1. The zero-order chi connectivity index (χ0) is 11.7. The van der Waals surface area contributed by atoms with Crippen molar-refractivity contribution in [2.24, 2.45) is 0 Å². The molecule has 1 aromatic heterocycles. The van der Waals surface area contributed by atoms with Crippen molar-refractivity contribution >= 4 is 0 Å². The summed E-state index contributed by atoms with van der Waals surface area (Å²) in [6.07, 6.45) is 10.3. The summed E-state index contributed by atoms with van der Waals surface area (Å²) in [4.78, 5) is 4.75. The van der Waals surface area contributed by atoms with Crippen LogP contribution in [0.3, 0.4) is 0 Å². The number of hydrogen-bond donors (Lipinski definition) is 1. The molecule has 0 amide bonds. The Labute approximate surface area is 103 Å². The van der Waals surface area contributed by atoms with Gasteiger partial charge in [-0.25, -0.2) is 4.98 Å². The van der Waals surface area contributed by atoms with Crippen LogP contribution >= 0.6 is 0 Å². The van der Waals surface area contributed by atoms with Gasteiger partial charge < -0.3 is 9.67 Å². The molecule has 0 bridgehead atoms. The Balaban J connectivity index is 1.95. The Morgan fingerprint density at radius 1 is 1.12 bits per heavy atom. The minimum Gasteiger partial charge on any atom is -0.390 e. The minimum absolute atomic E-state index is 0.113. The molecule has 0 spiro atoms. The highest BCUT2D eigenvalue weighted by Crippen LogP contribution is 2.34. The summed E-state index contributed by atoms with van der Waals surface area (Å²) >= 11 is 0. The van der Waals surface area contributed by atoms with Crippen LogP contribution in [0.2, 0.25) is 0 Å². The molecule has 0 saturated heterocycles. The van der Waals surface area contributed by atoms with Crippen molar-refractivity contribution in [3.05, 3.63) is 17.2 Å². The van der Waals surface area contributed by atoms with Crippen molar-refractivity contribution in [2.45, 2.75) is 70.4 Å². The largest absolute Gasteiger partial charge is 0.390 e. The third-order valence-corrected chi connectivity index (χ3v) is 4.35. The van der Waals surface area contributed by atoms with Gasteiger partial charge in [0.15, 0.2) is 0 Å². The maximum atomic E-state index is 9.43. The van der Waals surface area contributed by atoms with Gasteiger partial charge in [-0.3, -0.25) is 0 Å². The summed E-state index contributed by atoms with van der Waals surface area (Å²) in [5, 5.41) is 9.43. The van der Waals surface area contributed by atoms with Gasteiger partial charge >= 0.3 is 0 Å². The second kappa shape index (κ2) is 4.81. The Hall–Kier alpha value is -0.830. The van der Waals surface area contributed by atoms with Gasteiger partial charge in [-0.1, -0.05) is 19.3 Å². The molecule has 3 rings (SSSR count).